The van der Waals surface area contributed by atoms with E-state index < -0.39 is 17.8 Å². The van der Waals surface area contributed by atoms with Crippen LogP contribution in [-0.2, 0) is 22.7 Å². The Hall–Kier alpha value is -3.53. The summed E-state index contributed by atoms with van der Waals surface area (Å²) in [6.07, 6.45) is 1.98. The molecule has 0 aliphatic carbocycles. The first-order valence-corrected chi connectivity index (χ1v) is 11.0. The van der Waals surface area contributed by atoms with Gasteiger partial charge in [-0.25, -0.2) is 9.37 Å². The van der Waals surface area contributed by atoms with Crippen molar-refractivity contribution in [1.29, 1.82) is 0 Å². The van der Waals surface area contributed by atoms with Crippen molar-refractivity contribution in [3.63, 3.8) is 0 Å². The van der Waals surface area contributed by atoms with Gasteiger partial charge >= 0.3 is 0 Å². The number of aromatic nitrogens is 1. The molecule has 5 rings (SSSR count). The fourth-order valence-corrected chi connectivity index (χ4v) is 4.83. The molecule has 9 nitrogen and oxygen atoms in total. The van der Waals surface area contributed by atoms with Crippen molar-refractivity contribution < 1.29 is 23.9 Å². The molecule has 2 fully saturated rings. The normalized spacial score (nSPS) is 21.4. The summed E-state index contributed by atoms with van der Waals surface area (Å²) in [4.78, 5) is 46.4. The summed E-state index contributed by atoms with van der Waals surface area (Å²) in [5.41, 5.74) is 2.40. The van der Waals surface area contributed by atoms with E-state index in [9.17, 15) is 23.9 Å². The van der Waals surface area contributed by atoms with Gasteiger partial charge in [-0.3, -0.25) is 24.6 Å². The van der Waals surface area contributed by atoms with Gasteiger partial charge in [0.25, 0.3) is 5.91 Å². The Morgan fingerprint density at radius 1 is 1.15 bits per heavy atom. The number of benzene rings is 1. The second-order valence-electron chi connectivity index (χ2n) is 8.60. The number of pyridine rings is 1. The predicted octanol–water partition coefficient (Wildman–Crippen LogP) is 1.01. The molecular formula is C23H24FN5O4. The van der Waals surface area contributed by atoms with Crippen LogP contribution in [0.25, 0.3) is 0 Å². The number of carbonyl (C=O) groups excluding carboxylic acids is 3. The Balaban J connectivity index is 1.32. The van der Waals surface area contributed by atoms with Crippen molar-refractivity contribution in [1.82, 2.24) is 20.1 Å². The lowest BCUT2D eigenvalue weighted by Gasteiger charge is -2.37. The fourth-order valence-electron chi connectivity index (χ4n) is 4.83. The fraction of sp³-hybridized carbons (Fsp3) is 0.391. The number of piperidine rings is 1. The molecule has 172 valence electrons. The maximum atomic E-state index is 14.5. The minimum absolute atomic E-state index is 0.0231. The summed E-state index contributed by atoms with van der Waals surface area (Å²) in [7, 11) is 0. The molecule has 0 bridgehead atoms. The summed E-state index contributed by atoms with van der Waals surface area (Å²) in [6, 6.07) is 5.56. The smallest absolute Gasteiger partial charge is 0.255 e. The number of hydrogen-bond donors (Lipinski definition) is 2. The van der Waals surface area contributed by atoms with E-state index in [1.165, 1.54) is 17.0 Å². The molecule has 2 aromatic rings. The zero-order valence-electron chi connectivity index (χ0n) is 18.0. The molecule has 4 heterocycles. The lowest BCUT2D eigenvalue weighted by molar-refractivity contribution is -0.136. The lowest BCUT2D eigenvalue weighted by Crippen LogP contribution is -2.52. The molecule has 2 saturated heterocycles. The molecule has 1 atom stereocenters. The minimum atomic E-state index is -0.734. The first-order chi connectivity index (χ1) is 15.9. The highest BCUT2D eigenvalue weighted by molar-refractivity contribution is 6.06. The highest BCUT2D eigenvalue weighted by Gasteiger charge is 2.41. The number of halogens is 1. The summed E-state index contributed by atoms with van der Waals surface area (Å²) in [5, 5.41) is 12.2. The number of nitrogens with zero attached hydrogens (tertiary/aromatic N) is 4. The van der Waals surface area contributed by atoms with Gasteiger partial charge in [-0.05, 0) is 24.6 Å². The summed E-state index contributed by atoms with van der Waals surface area (Å²) < 4.78 is 14.5. The van der Waals surface area contributed by atoms with Crippen LogP contribution in [0.15, 0.2) is 30.5 Å². The molecule has 1 unspecified atom stereocenters. The van der Waals surface area contributed by atoms with Crippen molar-refractivity contribution in [3.05, 3.63) is 53.0 Å². The molecule has 10 heteroatoms. The van der Waals surface area contributed by atoms with Gasteiger partial charge in [0.05, 0.1) is 0 Å². The molecule has 0 saturated carbocycles. The van der Waals surface area contributed by atoms with E-state index in [1.807, 2.05) is 6.07 Å². The van der Waals surface area contributed by atoms with Crippen LogP contribution >= 0.6 is 0 Å². The van der Waals surface area contributed by atoms with Crippen LogP contribution in [0.3, 0.4) is 0 Å². The van der Waals surface area contributed by atoms with Crippen LogP contribution in [0.4, 0.5) is 10.1 Å². The van der Waals surface area contributed by atoms with Gasteiger partial charge < -0.3 is 14.9 Å². The second kappa shape index (κ2) is 8.43. The van der Waals surface area contributed by atoms with Crippen molar-refractivity contribution in [2.45, 2.75) is 32.0 Å². The Morgan fingerprint density at radius 3 is 2.67 bits per heavy atom. The third kappa shape index (κ3) is 4.02. The quantitative estimate of drug-likeness (QED) is 0.666. The van der Waals surface area contributed by atoms with Crippen LogP contribution in [0.1, 0.15) is 34.3 Å². The average molecular weight is 453 g/mol. The Morgan fingerprint density at radius 2 is 1.94 bits per heavy atom. The standard InChI is InChI=1S/C23H24FN5O4/c24-15-10-16-17(13-29(23(16)33)18-3-4-20(30)26-22(18)32)19(11-15)28-8-6-27(7-9-28)12-14-2-1-5-25-21(14)31/h1-2,5,10-11,18H,3-4,6-9,12-13H2,(H,25,31)(H,26,30,32). The van der Waals surface area contributed by atoms with E-state index in [2.05, 4.69) is 20.1 Å². The van der Waals surface area contributed by atoms with Crippen LogP contribution in [-0.4, -0.2) is 69.8 Å². The molecule has 3 aliphatic heterocycles. The van der Waals surface area contributed by atoms with Crippen LogP contribution in [0.5, 0.6) is 5.88 Å². The Labute approximate surface area is 189 Å². The summed E-state index contributed by atoms with van der Waals surface area (Å²) in [5.74, 6) is -1.68. The van der Waals surface area contributed by atoms with Gasteiger partial charge in [-0.1, -0.05) is 6.07 Å². The average Bonchev–Trinajstić information content (AvgIpc) is 3.11. The van der Waals surface area contributed by atoms with Crippen molar-refractivity contribution >= 4 is 23.4 Å². The van der Waals surface area contributed by atoms with E-state index in [-0.39, 0.29) is 42.6 Å². The second-order valence-corrected chi connectivity index (χ2v) is 8.60. The van der Waals surface area contributed by atoms with Crippen molar-refractivity contribution in [2.24, 2.45) is 0 Å². The highest BCUT2D eigenvalue weighted by Crippen LogP contribution is 2.35. The first-order valence-electron chi connectivity index (χ1n) is 11.0. The van der Waals surface area contributed by atoms with E-state index in [1.54, 1.807) is 12.3 Å². The van der Waals surface area contributed by atoms with E-state index >= 15 is 0 Å². The third-order valence-corrected chi connectivity index (χ3v) is 6.57. The monoisotopic (exact) mass is 453 g/mol. The number of carbonyl (C=O) groups is 3. The van der Waals surface area contributed by atoms with Crippen LogP contribution in [0.2, 0.25) is 0 Å². The topological polar surface area (TPSA) is 106 Å². The maximum absolute atomic E-state index is 14.5. The lowest BCUT2D eigenvalue weighted by atomic mass is 10.0. The Kier molecular flexibility index (Phi) is 5.45. The number of anilines is 1. The van der Waals surface area contributed by atoms with E-state index in [0.29, 0.717) is 44.0 Å². The number of fused-ring (bicyclic) bond motifs is 1. The van der Waals surface area contributed by atoms with E-state index in [0.717, 1.165) is 5.56 Å². The molecule has 2 N–H and O–H groups in total. The molecule has 33 heavy (non-hydrogen) atoms. The number of imide groups is 1. The summed E-state index contributed by atoms with van der Waals surface area (Å²) >= 11 is 0. The maximum Gasteiger partial charge on any atom is 0.255 e. The number of aromatic hydroxyl groups is 1. The predicted molar refractivity (Wildman–Crippen MR) is 116 cm³/mol. The number of piperazine rings is 1. The van der Waals surface area contributed by atoms with Crippen molar-refractivity contribution in [3.8, 4) is 5.88 Å². The number of rotatable bonds is 4. The van der Waals surface area contributed by atoms with Gasteiger partial charge in [0, 0.05) is 74.3 Å². The van der Waals surface area contributed by atoms with Crippen LogP contribution < -0.4 is 10.2 Å². The zero-order valence-corrected chi connectivity index (χ0v) is 18.0. The van der Waals surface area contributed by atoms with Gasteiger partial charge in [0.2, 0.25) is 17.7 Å². The minimum Gasteiger partial charge on any atom is -0.493 e. The molecule has 1 aromatic carbocycles. The van der Waals surface area contributed by atoms with E-state index in [4.69, 9.17) is 0 Å². The first kappa shape index (κ1) is 21.3. The van der Waals surface area contributed by atoms with Gasteiger partial charge in [-0.2, -0.15) is 0 Å². The Bertz CT molecular complexity index is 1130. The van der Waals surface area contributed by atoms with Crippen molar-refractivity contribution in [2.75, 3.05) is 31.1 Å². The molecule has 3 amide bonds. The SMILES string of the molecule is O=C1CCC(N2Cc3c(cc(F)cc3N3CCN(Cc4cccnc4O)CC3)C2=O)C(=O)N1. The largest absolute Gasteiger partial charge is 0.493 e. The molecule has 0 radical (unpaired) electrons. The molecular weight excluding hydrogens is 429 g/mol. The number of nitrogens with one attached hydrogen (secondary N) is 1. The van der Waals surface area contributed by atoms with Crippen LogP contribution in [0, 0.1) is 5.82 Å². The number of amides is 3. The van der Waals surface area contributed by atoms with Gasteiger partial charge in [-0.15, -0.1) is 0 Å². The third-order valence-electron chi connectivity index (χ3n) is 6.57. The highest BCUT2D eigenvalue weighted by atomic mass is 19.1. The molecule has 0 spiro atoms. The summed E-state index contributed by atoms with van der Waals surface area (Å²) in [6.45, 7) is 3.43. The molecule has 1 aromatic heterocycles. The number of hydrogen-bond acceptors (Lipinski definition) is 7. The van der Waals surface area contributed by atoms with Gasteiger partial charge in [0.15, 0.2) is 0 Å². The zero-order chi connectivity index (χ0) is 23.1. The molecule has 3 aliphatic rings. The van der Waals surface area contributed by atoms with Gasteiger partial charge in [0.1, 0.15) is 11.9 Å².